The largest absolute Gasteiger partial charge is 0.456 e. The van der Waals surface area contributed by atoms with Gasteiger partial charge in [-0.25, -0.2) is 0 Å². The van der Waals surface area contributed by atoms with Gasteiger partial charge in [0, 0.05) is 50.4 Å². The van der Waals surface area contributed by atoms with Crippen molar-refractivity contribution in [2.24, 2.45) is 0 Å². The summed E-state index contributed by atoms with van der Waals surface area (Å²) >= 11 is 0. The third-order valence-corrected chi connectivity index (χ3v) is 16.8. The molecule has 64 heavy (non-hydrogen) atoms. The minimum Gasteiger partial charge on any atom is -0.456 e. The molecule has 0 unspecified atom stereocenters. The van der Waals surface area contributed by atoms with E-state index in [1.807, 2.05) is 6.07 Å². The summed E-state index contributed by atoms with van der Waals surface area (Å²) < 4.78 is 6.54. The fourth-order valence-electron chi connectivity index (χ4n) is 10.2. The molecule has 1 aliphatic heterocycles. The van der Waals surface area contributed by atoms with E-state index in [0.29, 0.717) is 0 Å². The molecule has 0 fully saturated rings. The van der Waals surface area contributed by atoms with Gasteiger partial charge >= 0.3 is 0 Å². The molecular weight excluding hydrogens is 793 g/mol. The number of hydrogen-bond acceptors (Lipinski definition) is 3. The normalized spacial score (nSPS) is 12.7. The van der Waals surface area contributed by atoms with Gasteiger partial charge in [-0.2, -0.15) is 0 Å². The minimum absolute atomic E-state index is 0.873. The summed E-state index contributed by atoms with van der Waals surface area (Å²) in [4.78, 5) is 4.89. The van der Waals surface area contributed by atoms with Gasteiger partial charge in [-0.15, -0.1) is 0 Å². The van der Waals surface area contributed by atoms with Crippen molar-refractivity contribution in [3.05, 3.63) is 231 Å². The molecule has 0 atom stereocenters. The predicted molar refractivity (Wildman–Crippen MR) is 274 cm³/mol. The summed E-state index contributed by atoms with van der Waals surface area (Å²) in [6.45, 7) is 5.06. The standard InChI is InChI=1S/C60H44N2OSi/c1-64(2)58-32-18-28-52-55(62(54-30-16-13-26-47(54)42-21-8-4-9-22-42)44-33-35-49-48-27-14-17-31-56(48)63-57(49)39-44)38-37-51(60(52)58)50-36-34-45(40-59(50)64)61(43-23-10-5-11-24-43)53-29-15-12-25-46(53)41-19-6-3-7-20-41/h3-40H,1-2H3. The van der Waals surface area contributed by atoms with Crippen molar-refractivity contribution in [2.45, 2.75) is 13.1 Å². The highest BCUT2D eigenvalue weighted by molar-refractivity contribution is 7.03. The number of fused-ring (bicyclic) bond motifs is 5. The van der Waals surface area contributed by atoms with Gasteiger partial charge in [0.25, 0.3) is 0 Å². The predicted octanol–water partition coefficient (Wildman–Crippen LogP) is 15.8. The lowest BCUT2D eigenvalue weighted by molar-refractivity contribution is 0.669. The van der Waals surface area contributed by atoms with E-state index < -0.39 is 8.07 Å². The van der Waals surface area contributed by atoms with Gasteiger partial charge in [0.1, 0.15) is 19.2 Å². The molecule has 0 aliphatic carbocycles. The highest BCUT2D eigenvalue weighted by atomic mass is 28.3. The molecule has 1 aromatic heterocycles. The minimum atomic E-state index is -2.31. The summed E-state index contributed by atoms with van der Waals surface area (Å²) in [5.74, 6) is 0. The number of nitrogens with zero attached hydrogens (tertiary/aromatic N) is 2. The molecule has 0 N–H and O–H groups in total. The molecule has 1 aliphatic rings. The molecule has 10 aromatic carbocycles. The van der Waals surface area contributed by atoms with Gasteiger partial charge in [-0.1, -0.05) is 177 Å². The van der Waals surface area contributed by atoms with Crippen molar-refractivity contribution in [2.75, 3.05) is 9.80 Å². The molecule has 3 nitrogen and oxygen atoms in total. The van der Waals surface area contributed by atoms with Crippen LogP contribution in [-0.4, -0.2) is 8.07 Å². The van der Waals surface area contributed by atoms with Gasteiger partial charge in [-0.05, 0) is 98.7 Å². The fourth-order valence-corrected chi connectivity index (χ4v) is 13.3. The Bertz CT molecular complexity index is 3540. The first-order valence-corrected chi connectivity index (χ1v) is 25.1. The molecule has 0 bridgehead atoms. The Morgan fingerprint density at radius 3 is 1.59 bits per heavy atom. The van der Waals surface area contributed by atoms with Crippen LogP contribution in [0, 0.1) is 0 Å². The zero-order valence-electron chi connectivity index (χ0n) is 35.7. The summed E-state index contributed by atoms with van der Waals surface area (Å²) in [6.07, 6.45) is 0. The first kappa shape index (κ1) is 37.8. The zero-order chi connectivity index (χ0) is 42.8. The Labute approximate surface area is 374 Å². The third kappa shape index (κ3) is 6.10. The zero-order valence-corrected chi connectivity index (χ0v) is 36.7. The Kier molecular flexibility index (Phi) is 8.96. The van der Waals surface area contributed by atoms with Gasteiger partial charge in [0.15, 0.2) is 0 Å². The summed E-state index contributed by atoms with van der Waals surface area (Å²) in [6, 6.07) is 83.8. The second-order valence-corrected chi connectivity index (χ2v) is 21.6. The first-order chi connectivity index (χ1) is 31.5. The maximum absolute atomic E-state index is 6.54. The van der Waals surface area contributed by atoms with Crippen LogP contribution in [0.15, 0.2) is 235 Å². The van der Waals surface area contributed by atoms with E-state index in [1.54, 1.807) is 0 Å². The van der Waals surface area contributed by atoms with E-state index in [9.17, 15) is 0 Å². The van der Waals surface area contributed by atoms with Gasteiger partial charge in [0.05, 0.1) is 17.1 Å². The second kappa shape index (κ2) is 15.2. The maximum Gasteiger partial charge on any atom is 0.137 e. The number of rotatable bonds is 8. The van der Waals surface area contributed by atoms with Crippen LogP contribution in [0.25, 0.3) is 66.1 Å². The number of benzene rings is 10. The molecule has 0 saturated carbocycles. The Hall–Kier alpha value is -7.92. The molecule has 0 saturated heterocycles. The summed E-state index contributed by atoms with van der Waals surface area (Å²) in [7, 11) is -2.31. The second-order valence-electron chi connectivity index (χ2n) is 17.3. The van der Waals surface area contributed by atoms with E-state index in [4.69, 9.17) is 4.42 Å². The van der Waals surface area contributed by atoms with Crippen molar-refractivity contribution in [1.82, 2.24) is 0 Å². The number of anilines is 6. The molecule has 0 amide bonds. The molecule has 0 spiro atoms. The summed E-state index contributed by atoms with van der Waals surface area (Å²) in [5.41, 5.74) is 15.8. The topological polar surface area (TPSA) is 19.6 Å². The van der Waals surface area contributed by atoms with Crippen LogP contribution in [0.3, 0.4) is 0 Å². The smallest absolute Gasteiger partial charge is 0.137 e. The van der Waals surface area contributed by atoms with Crippen LogP contribution in [0.4, 0.5) is 34.1 Å². The van der Waals surface area contributed by atoms with E-state index in [2.05, 4.69) is 247 Å². The van der Waals surface area contributed by atoms with Crippen molar-refractivity contribution in [1.29, 1.82) is 0 Å². The van der Waals surface area contributed by atoms with Crippen molar-refractivity contribution < 1.29 is 4.42 Å². The monoisotopic (exact) mass is 836 g/mol. The number of hydrogen-bond donors (Lipinski definition) is 0. The van der Waals surface area contributed by atoms with Gasteiger partial charge < -0.3 is 14.2 Å². The van der Waals surface area contributed by atoms with E-state index in [-0.39, 0.29) is 0 Å². The van der Waals surface area contributed by atoms with Crippen LogP contribution in [-0.2, 0) is 0 Å². The number of para-hydroxylation sites is 4. The highest BCUT2D eigenvalue weighted by Gasteiger charge is 2.37. The van der Waals surface area contributed by atoms with Crippen molar-refractivity contribution in [3.8, 4) is 33.4 Å². The van der Waals surface area contributed by atoms with E-state index in [1.165, 1.54) is 49.0 Å². The summed E-state index contributed by atoms with van der Waals surface area (Å²) in [5, 5.41) is 7.72. The Balaban J connectivity index is 1.06. The van der Waals surface area contributed by atoms with Crippen molar-refractivity contribution in [3.63, 3.8) is 0 Å². The van der Waals surface area contributed by atoms with Crippen LogP contribution >= 0.6 is 0 Å². The highest BCUT2D eigenvalue weighted by Crippen LogP contribution is 2.48. The van der Waals surface area contributed by atoms with Crippen LogP contribution in [0.2, 0.25) is 13.1 Å². The SMILES string of the molecule is C[Si]1(C)c2cc(N(c3ccccc3)c3ccccc3-c3ccccc3)ccc2-c2ccc(N(c3ccc4c(c3)oc3ccccc34)c3ccccc3-c3ccccc3)c3cccc1c23. The lowest BCUT2D eigenvalue weighted by Gasteiger charge is -2.37. The first-order valence-electron chi connectivity index (χ1n) is 22.1. The molecule has 12 rings (SSSR count). The van der Waals surface area contributed by atoms with Gasteiger partial charge in [-0.3, -0.25) is 0 Å². The molecule has 304 valence electrons. The Morgan fingerprint density at radius 2 is 0.875 bits per heavy atom. The molecular formula is C60H44N2OSi. The fraction of sp³-hybridized carbons (Fsp3) is 0.0333. The lowest BCUT2D eigenvalue weighted by Crippen LogP contribution is -2.56. The lowest BCUT2D eigenvalue weighted by atomic mass is 9.94. The quantitative estimate of drug-likeness (QED) is 0.142. The van der Waals surface area contributed by atoms with E-state index >= 15 is 0 Å². The molecule has 4 heteroatoms. The molecule has 0 radical (unpaired) electrons. The van der Waals surface area contributed by atoms with Crippen LogP contribution in [0.5, 0.6) is 0 Å². The average molecular weight is 837 g/mol. The van der Waals surface area contributed by atoms with Crippen LogP contribution in [0.1, 0.15) is 0 Å². The van der Waals surface area contributed by atoms with Gasteiger partial charge in [0.2, 0.25) is 0 Å². The molecule has 11 aromatic rings. The third-order valence-electron chi connectivity index (χ3n) is 13.3. The molecule has 2 heterocycles. The maximum atomic E-state index is 6.54. The number of furan rings is 1. The van der Waals surface area contributed by atoms with Crippen molar-refractivity contribution >= 4 is 85.3 Å². The van der Waals surface area contributed by atoms with E-state index in [0.717, 1.165) is 61.6 Å². The van der Waals surface area contributed by atoms with Crippen LogP contribution < -0.4 is 20.2 Å². The average Bonchev–Trinajstić information content (AvgIpc) is 3.73. The Morgan fingerprint density at radius 1 is 0.328 bits per heavy atom.